The predicted molar refractivity (Wildman–Crippen MR) is 90.3 cm³/mol. The number of rotatable bonds is 3. The van der Waals surface area contributed by atoms with Gasteiger partial charge in [0.25, 0.3) is 0 Å². The minimum Gasteiger partial charge on any atom is -0.453 e. The molecule has 1 unspecified atom stereocenters. The number of carbonyl (C=O) groups excluding carboxylic acids is 1. The van der Waals surface area contributed by atoms with Crippen molar-refractivity contribution in [1.82, 2.24) is 10.3 Å². The molecule has 1 aromatic heterocycles. The van der Waals surface area contributed by atoms with Crippen molar-refractivity contribution in [2.75, 3.05) is 25.1 Å². The van der Waals surface area contributed by atoms with E-state index in [0.29, 0.717) is 25.2 Å². The first-order valence-corrected chi connectivity index (χ1v) is 8.09. The van der Waals surface area contributed by atoms with Gasteiger partial charge in [-0.25, -0.2) is 4.79 Å². The number of nitrogens with zero attached hydrogens (tertiary/aromatic N) is 2. The van der Waals surface area contributed by atoms with E-state index in [1.165, 1.54) is 19.2 Å². The first kappa shape index (κ1) is 18.0. The Morgan fingerprint density at radius 1 is 1.31 bits per heavy atom. The van der Waals surface area contributed by atoms with E-state index in [0.717, 1.165) is 23.5 Å². The molecule has 3 rings (SSSR count). The lowest BCUT2D eigenvalue weighted by molar-refractivity contribution is -0.137. The monoisotopic (exact) mass is 365 g/mol. The van der Waals surface area contributed by atoms with E-state index in [2.05, 4.69) is 15.0 Å². The van der Waals surface area contributed by atoms with Crippen molar-refractivity contribution in [3.05, 3.63) is 53.9 Å². The highest BCUT2D eigenvalue weighted by Crippen LogP contribution is 2.36. The van der Waals surface area contributed by atoms with Crippen molar-refractivity contribution in [1.29, 1.82) is 0 Å². The third-order valence-corrected chi connectivity index (χ3v) is 4.31. The van der Waals surface area contributed by atoms with Gasteiger partial charge < -0.3 is 15.0 Å². The van der Waals surface area contributed by atoms with Gasteiger partial charge in [0, 0.05) is 25.0 Å². The fraction of sp³-hybridized carbons (Fsp3) is 0.333. The summed E-state index contributed by atoms with van der Waals surface area (Å²) in [6.07, 6.45) is -2.54. The number of hydrogen-bond acceptors (Lipinski definition) is 4. The lowest BCUT2D eigenvalue weighted by atomic mass is 9.95. The highest BCUT2D eigenvalue weighted by molar-refractivity contribution is 5.68. The van der Waals surface area contributed by atoms with Crippen LogP contribution >= 0.6 is 0 Å². The molecule has 0 aliphatic carbocycles. The van der Waals surface area contributed by atoms with Crippen LogP contribution in [-0.4, -0.2) is 31.3 Å². The summed E-state index contributed by atoms with van der Waals surface area (Å²) >= 11 is 0. The summed E-state index contributed by atoms with van der Waals surface area (Å²) in [4.78, 5) is 17.6. The minimum atomic E-state index is -4.37. The zero-order chi connectivity index (χ0) is 18.7. The molecule has 138 valence electrons. The summed E-state index contributed by atoms with van der Waals surface area (Å²) < 4.78 is 43.0. The molecule has 1 aliphatic rings. The van der Waals surface area contributed by atoms with Crippen LogP contribution in [0.5, 0.6) is 0 Å². The van der Waals surface area contributed by atoms with E-state index in [1.54, 1.807) is 12.3 Å². The van der Waals surface area contributed by atoms with Gasteiger partial charge in [0.1, 0.15) is 0 Å². The summed E-state index contributed by atoms with van der Waals surface area (Å²) in [6.45, 7) is 0.938. The van der Waals surface area contributed by atoms with Crippen LogP contribution in [0.25, 0.3) is 0 Å². The number of methoxy groups -OCH3 is 1. The number of alkyl halides is 3. The number of nitrogens with one attached hydrogen (secondary N) is 1. The van der Waals surface area contributed by atoms with Crippen LogP contribution in [-0.2, 0) is 17.3 Å². The molecule has 26 heavy (non-hydrogen) atoms. The van der Waals surface area contributed by atoms with Crippen molar-refractivity contribution < 1.29 is 22.7 Å². The van der Waals surface area contributed by atoms with Crippen molar-refractivity contribution >= 4 is 17.5 Å². The molecular formula is C18H18F3N3O2. The van der Waals surface area contributed by atoms with Crippen molar-refractivity contribution in [2.24, 2.45) is 5.92 Å². The molecule has 8 heteroatoms. The summed E-state index contributed by atoms with van der Waals surface area (Å²) in [5.41, 5.74) is 1.67. The van der Waals surface area contributed by atoms with Gasteiger partial charge in [0.15, 0.2) is 0 Å². The van der Waals surface area contributed by atoms with E-state index in [9.17, 15) is 18.0 Å². The average molecular weight is 365 g/mol. The van der Waals surface area contributed by atoms with Crippen LogP contribution in [0.3, 0.4) is 0 Å². The molecule has 0 bridgehead atoms. The number of hydrogen-bond donors (Lipinski definition) is 1. The number of amides is 1. The van der Waals surface area contributed by atoms with Crippen molar-refractivity contribution in [3.8, 4) is 0 Å². The topological polar surface area (TPSA) is 54.5 Å². The average Bonchev–Trinajstić information content (AvgIpc) is 2.64. The largest absolute Gasteiger partial charge is 0.453 e. The molecule has 0 fully saturated rings. The molecule has 1 amide bonds. The molecule has 0 saturated carbocycles. The third kappa shape index (κ3) is 3.89. The van der Waals surface area contributed by atoms with Gasteiger partial charge in [-0.1, -0.05) is 0 Å². The number of alkyl carbamates (subject to hydrolysis) is 1. The molecule has 0 radical (unpaired) electrons. The zero-order valence-corrected chi connectivity index (χ0v) is 14.1. The third-order valence-electron chi connectivity index (χ3n) is 4.31. The molecular weight excluding hydrogens is 347 g/mol. The Labute approximate surface area is 148 Å². The Kier molecular flexibility index (Phi) is 5.01. The molecule has 0 saturated heterocycles. The van der Waals surface area contributed by atoms with Crippen LogP contribution in [0.4, 0.5) is 29.3 Å². The molecule has 2 heterocycles. The Balaban J connectivity index is 1.85. The molecule has 1 aromatic carbocycles. The van der Waals surface area contributed by atoms with Gasteiger partial charge in [-0.3, -0.25) is 4.98 Å². The lowest BCUT2D eigenvalue weighted by Crippen LogP contribution is -2.39. The highest BCUT2D eigenvalue weighted by Gasteiger charge is 2.31. The number of anilines is 2. The number of fused-ring (bicyclic) bond motifs is 1. The number of aromatic nitrogens is 1. The Morgan fingerprint density at radius 2 is 2.04 bits per heavy atom. The summed E-state index contributed by atoms with van der Waals surface area (Å²) in [5, 5.41) is 2.67. The highest BCUT2D eigenvalue weighted by atomic mass is 19.4. The number of carbonyl (C=O) groups is 1. The van der Waals surface area contributed by atoms with E-state index >= 15 is 0 Å². The number of ether oxygens (including phenoxy) is 1. The quantitative estimate of drug-likeness (QED) is 0.900. The normalized spacial score (nSPS) is 16.8. The Morgan fingerprint density at radius 3 is 2.69 bits per heavy atom. The minimum absolute atomic E-state index is 0.0544. The first-order chi connectivity index (χ1) is 12.4. The van der Waals surface area contributed by atoms with Crippen molar-refractivity contribution in [3.63, 3.8) is 0 Å². The number of pyridine rings is 1. The van der Waals surface area contributed by atoms with Crippen LogP contribution in [0.1, 0.15) is 11.3 Å². The van der Waals surface area contributed by atoms with Crippen molar-refractivity contribution in [2.45, 2.75) is 12.6 Å². The summed E-state index contributed by atoms with van der Waals surface area (Å²) in [7, 11) is 1.29. The lowest BCUT2D eigenvalue weighted by Gasteiger charge is -2.35. The number of halogens is 3. The van der Waals surface area contributed by atoms with Crippen LogP contribution < -0.4 is 10.2 Å². The van der Waals surface area contributed by atoms with E-state index in [4.69, 9.17) is 0 Å². The van der Waals surface area contributed by atoms with Crippen LogP contribution in [0, 0.1) is 5.92 Å². The molecule has 0 spiro atoms. The second-order valence-corrected chi connectivity index (χ2v) is 6.07. The molecule has 1 aliphatic heterocycles. The predicted octanol–water partition coefficient (Wildman–Crippen LogP) is 3.77. The fourth-order valence-electron chi connectivity index (χ4n) is 3.04. The smallest absolute Gasteiger partial charge is 0.416 e. The second-order valence-electron chi connectivity index (χ2n) is 6.07. The SMILES string of the molecule is COC(=O)NCC1Cc2ncccc2N(c2ccc(C(F)(F)F)cc2)C1. The van der Waals surface area contributed by atoms with Crippen LogP contribution in [0.2, 0.25) is 0 Å². The van der Waals surface area contributed by atoms with Gasteiger partial charge in [0.05, 0.1) is 24.1 Å². The van der Waals surface area contributed by atoms with Gasteiger partial charge in [-0.15, -0.1) is 0 Å². The van der Waals surface area contributed by atoms with E-state index in [1.807, 2.05) is 11.0 Å². The van der Waals surface area contributed by atoms with E-state index < -0.39 is 17.8 Å². The Bertz CT molecular complexity index is 778. The summed E-state index contributed by atoms with van der Waals surface area (Å²) in [5.74, 6) is 0.0544. The second kappa shape index (κ2) is 7.23. The summed E-state index contributed by atoms with van der Waals surface area (Å²) in [6, 6.07) is 8.74. The maximum absolute atomic E-state index is 12.8. The molecule has 1 atom stereocenters. The molecule has 1 N–H and O–H groups in total. The maximum atomic E-state index is 12.8. The molecule has 5 nitrogen and oxygen atoms in total. The standard InChI is InChI=1S/C18H18F3N3O2/c1-26-17(25)23-10-12-9-15-16(3-2-8-22-15)24(11-12)14-6-4-13(5-7-14)18(19,20)21/h2-8,12H,9-11H2,1H3,(H,23,25). The van der Waals surface area contributed by atoms with Gasteiger partial charge in [-0.05, 0) is 48.7 Å². The van der Waals surface area contributed by atoms with Gasteiger partial charge in [-0.2, -0.15) is 13.2 Å². The fourth-order valence-corrected chi connectivity index (χ4v) is 3.04. The van der Waals surface area contributed by atoms with E-state index in [-0.39, 0.29) is 5.92 Å². The van der Waals surface area contributed by atoms with Gasteiger partial charge in [0.2, 0.25) is 0 Å². The maximum Gasteiger partial charge on any atom is 0.416 e. The van der Waals surface area contributed by atoms with Gasteiger partial charge >= 0.3 is 12.3 Å². The zero-order valence-electron chi connectivity index (χ0n) is 14.1. The Hall–Kier alpha value is -2.77. The first-order valence-electron chi connectivity index (χ1n) is 8.09. The molecule has 2 aromatic rings. The number of benzene rings is 1. The van der Waals surface area contributed by atoms with Crippen LogP contribution in [0.15, 0.2) is 42.6 Å².